The van der Waals surface area contributed by atoms with Crippen LogP contribution in [0.15, 0.2) is 27.8 Å². The van der Waals surface area contributed by atoms with Crippen LogP contribution in [0.4, 0.5) is 0 Å². The summed E-state index contributed by atoms with van der Waals surface area (Å²) in [6.45, 7) is 0.406. The summed E-state index contributed by atoms with van der Waals surface area (Å²) in [7, 11) is 1.94. The fourth-order valence-corrected chi connectivity index (χ4v) is 3.52. The van der Waals surface area contributed by atoms with Gasteiger partial charge in [0, 0.05) is 23.7 Å². The van der Waals surface area contributed by atoms with Gasteiger partial charge in [-0.1, -0.05) is 27.7 Å². The van der Waals surface area contributed by atoms with Gasteiger partial charge in [-0.3, -0.25) is 0 Å². The summed E-state index contributed by atoms with van der Waals surface area (Å²) in [5.74, 6) is 2.63. The van der Waals surface area contributed by atoms with Crippen molar-refractivity contribution in [1.29, 1.82) is 0 Å². The van der Waals surface area contributed by atoms with Gasteiger partial charge in [-0.2, -0.15) is 0 Å². The summed E-state index contributed by atoms with van der Waals surface area (Å²) in [5, 5.41) is 9.08. The maximum Gasteiger partial charge on any atom is 0.191 e. The molecule has 0 spiro atoms. The van der Waals surface area contributed by atoms with Crippen molar-refractivity contribution < 1.29 is 4.74 Å². The third-order valence-corrected chi connectivity index (χ3v) is 4.92. The molecule has 2 N–H and O–H groups in total. The zero-order valence-corrected chi connectivity index (χ0v) is 13.4. The van der Waals surface area contributed by atoms with Gasteiger partial charge in [0.2, 0.25) is 0 Å². The Kier molecular flexibility index (Phi) is 4.00. The first-order chi connectivity index (χ1) is 9.67. The summed E-state index contributed by atoms with van der Waals surface area (Å²) in [6, 6.07) is 6.14. The van der Waals surface area contributed by atoms with E-state index in [1.807, 2.05) is 23.7 Å². The molecule has 0 fully saturated rings. The van der Waals surface area contributed by atoms with Gasteiger partial charge in [-0.05, 0) is 23.8 Å². The number of fused-ring (bicyclic) bond motifs is 1. The van der Waals surface area contributed by atoms with Crippen molar-refractivity contribution in [3.05, 3.63) is 34.1 Å². The van der Waals surface area contributed by atoms with Crippen LogP contribution < -0.4 is 10.5 Å². The maximum atomic E-state index is 5.93. The van der Waals surface area contributed by atoms with Gasteiger partial charge in [0.25, 0.3) is 0 Å². The first-order valence-corrected chi connectivity index (χ1v) is 8.11. The minimum absolute atomic E-state index is 0.183. The van der Waals surface area contributed by atoms with Crippen LogP contribution in [-0.2, 0) is 20.0 Å². The van der Waals surface area contributed by atoms with Gasteiger partial charge in [-0.15, -0.1) is 10.2 Å². The van der Waals surface area contributed by atoms with E-state index < -0.39 is 0 Å². The molecule has 0 radical (unpaired) electrons. The van der Waals surface area contributed by atoms with E-state index in [1.165, 1.54) is 5.56 Å². The Morgan fingerprint density at radius 1 is 1.50 bits per heavy atom. The van der Waals surface area contributed by atoms with E-state index >= 15 is 0 Å². The molecule has 1 aromatic heterocycles. The van der Waals surface area contributed by atoms with Gasteiger partial charge in [-0.25, -0.2) is 0 Å². The number of aromatic nitrogens is 3. The van der Waals surface area contributed by atoms with Crippen molar-refractivity contribution in [2.75, 3.05) is 5.75 Å². The Balaban J connectivity index is 1.62. The molecule has 0 amide bonds. The van der Waals surface area contributed by atoms with Crippen molar-refractivity contribution in [3.8, 4) is 5.75 Å². The highest BCUT2D eigenvalue weighted by Crippen LogP contribution is 2.33. The van der Waals surface area contributed by atoms with Crippen LogP contribution in [-0.4, -0.2) is 26.6 Å². The quantitative estimate of drug-likeness (QED) is 0.852. The number of rotatable bonds is 4. The lowest BCUT2D eigenvalue weighted by atomic mass is 10.1. The summed E-state index contributed by atoms with van der Waals surface area (Å²) >= 11 is 5.14. The number of halogens is 1. The molecule has 1 aromatic carbocycles. The molecular formula is C13H15BrN4OS. The number of nitrogens with two attached hydrogens (primary N) is 1. The zero-order chi connectivity index (χ0) is 14.1. The fraction of sp³-hybridized carbons (Fsp3) is 0.385. The van der Waals surface area contributed by atoms with E-state index in [2.05, 4.69) is 32.2 Å². The third kappa shape index (κ3) is 2.70. The lowest BCUT2D eigenvalue weighted by molar-refractivity contribution is 0.259. The van der Waals surface area contributed by atoms with Crippen LogP contribution in [0.5, 0.6) is 5.75 Å². The second kappa shape index (κ2) is 5.75. The highest BCUT2D eigenvalue weighted by Gasteiger charge is 2.23. The average molecular weight is 355 g/mol. The molecule has 1 unspecified atom stereocenters. The molecule has 1 aliphatic heterocycles. The van der Waals surface area contributed by atoms with Crippen LogP contribution in [0.25, 0.3) is 0 Å². The molecule has 0 bridgehead atoms. The molecular weight excluding hydrogens is 340 g/mol. The molecule has 1 atom stereocenters. The third-order valence-electron chi connectivity index (χ3n) is 3.27. The van der Waals surface area contributed by atoms with Gasteiger partial charge >= 0.3 is 0 Å². The first kappa shape index (κ1) is 13.9. The number of benzene rings is 1. The number of hydrogen-bond acceptors (Lipinski definition) is 5. The Hall–Kier alpha value is -1.05. The summed E-state index contributed by atoms with van der Waals surface area (Å²) < 4.78 is 8.96. The first-order valence-electron chi connectivity index (χ1n) is 6.33. The Morgan fingerprint density at radius 3 is 3.10 bits per heavy atom. The lowest BCUT2D eigenvalue weighted by Gasteiger charge is -2.09. The lowest BCUT2D eigenvalue weighted by Crippen LogP contribution is -2.16. The predicted octanol–water partition coefficient (Wildman–Crippen LogP) is 2.13. The minimum atomic E-state index is 0.183. The van der Waals surface area contributed by atoms with E-state index in [9.17, 15) is 0 Å². The Bertz CT molecular complexity index is 631. The summed E-state index contributed by atoms with van der Waals surface area (Å²) in [4.78, 5) is 0. The van der Waals surface area contributed by atoms with Crippen molar-refractivity contribution in [3.63, 3.8) is 0 Å². The second-order valence-electron chi connectivity index (χ2n) is 4.67. The monoisotopic (exact) mass is 354 g/mol. The van der Waals surface area contributed by atoms with E-state index in [1.54, 1.807) is 11.8 Å². The van der Waals surface area contributed by atoms with Crippen molar-refractivity contribution in [2.45, 2.75) is 24.2 Å². The SMILES string of the molecule is Cn1c(CN)nnc1SCC1Cc2cc(Br)ccc2O1. The predicted molar refractivity (Wildman–Crippen MR) is 81.9 cm³/mol. The van der Waals surface area contributed by atoms with Crippen LogP contribution in [0.2, 0.25) is 0 Å². The molecule has 5 nitrogen and oxygen atoms in total. The highest BCUT2D eigenvalue weighted by atomic mass is 79.9. The van der Waals surface area contributed by atoms with Gasteiger partial charge in [0.1, 0.15) is 17.7 Å². The van der Waals surface area contributed by atoms with Gasteiger partial charge < -0.3 is 15.0 Å². The molecule has 20 heavy (non-hydrogen) atoms. The Labute approximate surface area is 130 Å². The number of nitrogens with zero attached hydrogens (tertiary/aromatic N) is 3. The minimum Gasteiger partial charge on any atom is -0.489 e. The molecule has 3 rings (SSSR count). The second-order valence-corrected chi connectivity index (χ2v) is 6.57. The van der Waals surface area contributed by atoms with Crippen molar-refractivity contribution in [2.24, 2.45) is 12.8 Å². The topological polar surface area (TPSA) is 66.0 Å². The van der Waals surface area contributed by atoms with Crippen LogP contribution in [0.3, 0.4) is 0 Å². The molecule has 0 saturated heterocycles. The smallest absolute Gasteiger partial charge is 0.191 e. The van der Waals surface area contributed by atoms with E-state index in [4.69, 9.17) is 10.5 Å². The standard InChI is InChI=1S/C13H15BrN4OS/c1-18-12(6-15)16-17-13(18)20-7-10-5-8-4-9(14)2-3-11(8)19-10/h2-4,10H,5-7,15H2,1H3. The fourth-order valence-electron chi connectivity index (χ4n) is 2.20. The molecule has 106 valence electrons. The summed E-state index contributed by atoms with van der Waals surface area (Å²) in [6.07, 6.45) is 1.12. The van der Waals surface area contributed by atoms with Crippen LogP contribution in [0.1, 0.15) is 11.4 Å². The maximum absolute atomic E-state index is 5.93. The molecule has 0 saturated carbocycles. The Morgan fingerprint density at radius 2 is 2.35 bits per heavy atom. The zero-order valence-electron chi connectivity index (χ0n) is 11.0. The molecule has 2 aromatic rings. The molecule has 1 aliphatic rings. The van der Waals surface area contributed by atoms with Crippen molar-refractivity contribution in [1.82, 2.24) is 14.8 Å². The van der Waals surface area contributed by atoms with Crippen LogP contribution in [0, 0.1) is 0 Å². The van der Waals surface area contributed by atoms with E-state index in [0.29, 0.717) is 6.54 Å². The summed E-state index contributed by atoms with van der Waals surface area (Å²) in [5.41, 5.74) is 6.85. The van der Waals surface area contributed by atoms with E-state index in [0.717, 1.165) is 33.4 Å². The number of thioether (sulfide) groups is 1. The number of ether oxygens (including phenoxy) is 1. The van der Waals surface area contributed by atoms with Crippen LogP contribution >= 0.6 is 27.7 Å². The van der Waals surface area contributed by atoms with E-state index in [-0.39, 0.29) is 6.10 Å². The number of hydrogen-bond donors (Lipinski definition) is 1. The molecule has 7 heteroatoms. The largest absolute Gasteiger partial charge is 0.489 e. The average Bonchev–Trinajstić information content (AvgIpc) is 2.99. The normalized spacial score (nSPS) is 17.1. The van der Waals surface area contributed by atoms with Gasteiger partial charge in [0.05, 0.1) is 6.54 Å². The molecule has 0 aliphatic carbocycles. The molecule has 2 heterocycles. The van der Waals surface area contributed by atoms with Gasteiger partial charge in [0.15, 0.2) is 5.16 Å². The highest BCUT2D eigenvalue weighted by molar-refractivity contribution is 9.10. The van der Waals surface area contributed by atoms with Crippen molar-refractivity contribution >= 4 is 27.7 Å².